The maximum Gasteiger partial charge on any atom is 0.416 e. The SMILES string of the molecule is CC(C)CC(NC(=O)CCNC(=O)/C=C/c1ccco1)c1cccc(C(F)(F)F)c1. The van der Waals surface area contributed by atoms with Gasteiger partial charge in [0, 0.05) is 19.0 Å². The van der Waals surface area contributed by atoms with Gasteiger partial charge in [0.1, 0.15) is 5.76 Å². The van der Waals surface area contributed by atoms with Crippen LogP contribution in [-0.4, -0.2) is 18.4 Å². The first-order valence-corrected chi connectivity index (χ1v) is 9.61. The van der Waals surface area contributed by atoms with Crippen LogP contribution in [0.5, 0.6) is 0 Å². The van der Waals surface area contributed by atoms with Crippen LogP contribution < -0.4 is 10.6 Å². The average Bonchev–Trinajstić information content (AvgIpc) is 3.18. The molecule has 0 spiro atoms. The van der Waals surface area contributed by atoms with Gasteiger partial charge in [0.15, 0.2) is 0 Å². The second-order valence-electron chi connectivity index (χ2n) is 7.26. The second kappa shape index (κ2) is 10.7. The van der Waals surface area contributed by atoms with Crippen molar-refractivity contribution in [3.8, 4) is 0 Å². The lowest BCUT2D eigenvalue weighted by Gasteiger charge is -2.22. The van der Waals surface area contributed by atoms with Gasteiger partial charge in [-0.25, -0.2) is 0 Å². The summed E-state index contributed by atoms with van der Waals surface area (Å²) < 4.78 is 44.1. The quantitative estimate of drug-likeness (QED) is 0.575. The van der Waals surface area contributed by atoms with E-state index in [1.807, 2.05) is 13.8 Å². The smallest absolute Gasteiger partial charge is 0.416 e. The van der Waals surface area contributed by atoms with Crippen LogP contribution in [0.1, 0.15) is 49.6 Å². The van der Waals surface area contributed by atoms with Crippen molar-refractivity contribution in [3.63, 3.8) is 0 Å². The molecule has 0 fully saturated rings. The first-order valence-electron chi connectivity index (χ1n) is 9.61. The number of nitrogens with one attached hydrogen (secondary N) is 2. The third-order valence-electron chi connectivity index (χ3n) is 4.25. The third-order valence-corrected chi connectivity index (χ3v) is 4.25. The van der Waals surface area contributed by atoms with E-state index in [-0.39, 0.29) is 30.7 Å². The zero-order valence-electron chi connectivity index (χ0n) is 16.8. The Bertz CT molecular complexity index is 859. The van der Waals surface area contributed by atoms with Crippen molar-refractivity contribution in [2.24, 2.45) is 5.92 Å². The van der Waals surface area contributed by atoms with Crippen molar-refractivity contribution >= 4 is 17.9 Å². The van der Waals surface area contributed by atoms with Crippen molar-refractivity contribution in [2.75, 3.05) is 6.54 Å². The van der Waals surface area contributed by atoms with Crippen LogP contribution in [0.25, 0.3) is 6.08 Å². The number of hydrogen-bond acceptors (Lipinski definition) is 3. The van der Waals surface area contributed by atoms with Crippen LogP contribution in [0.3, 0.4) is 0 Å². The number of furan rings is 1. The monoisotopic (exact) mass is 422 g/mol. The fourth-order valence-corrected chi connectivity index (χ4v) is 2.85. The van der Waals surface area contributed by atoms with Crippen molar-refractivity contribution in [2.45, 2.75) is 38.9 Å². The minimum absolute atomic E-state index is 0.00783. The van der Waals surface area contributed by atoms with E-state index in [0.717, 1.165) is 12.1 Å². The number of alkyl halides is 3. The number of carbonyl (C=O) groups is 2. The molecule has 2 rings (SSSR count). The van der Waals surface area contributed by atoms with E-state index in [4.69, 9.17) is 4.42 Å². The van der Waals surface area contributed by atoms with Crippen molar-refractivity contribution in [1.29, 1.82) is 0 Å². The molecule has 8 heteroatoms. The lowest BCUT2D eigenvalue weighted by atomic mass is 9.95. The highest BCUT2D eigenvalue weighted by Crippen LogP contribution is 2.32. The van der Waals surface area contributed by atoms with Crippen LogP contribution in [0.2, 0.25) is 0 Å². The van der Waals surface area contributed by atoms with E-state index in [9.17, 15) is 22.8 Å². The fourth-order valence-electron chi connectivity index (χ4n) is 2.85. The maximum absolute atomic E-state index is 13.0. The molecule has 2 amide bonds. The van der Waals surface area contributed by atoms with E-state index in [1.54, 1.807) is 18.2 Å². The van der Waals surface area contributed by atoms with Crippen LogP contribution in [-0.2, 0) is 15.8 Å². The van der Waals surface area contributed by atoms with Crippen molar-refractivity contribution in [1.82, 2.24) is 10.6 Å². The van der Waals surface area contributed by atoms with Crippen LogP contribution >= 0.6 is 0 Å². The minimum atomic E-state index is -4.45. The number of amides is 2. The molecule has 0 saturated heterocycles. The fraction of sp³-hybridized carbons (Fsp3) is 0.364. The van der Waals surface area contributed by atoms with E-state index in [2.05, 4.69) is 10.6 Å². The van der Waals surface area contributed by atoms with E-state index >= 15 is 0 Å². The molecular formula is C22H25F3N2O3. The lowest BCUT2D eigenvalue weighted by molar-refractivity contribution is -0.137. The Morgan fingerprint density at radius 3 is 2.57 bits per heavy atom. The normalized spacial score (nSPS) is 12.9. The first-order chi connectivity index (χ1) is 14.1. The zero-order valence-corrected chi connectivity index (χ0v) is 16.8. The van der Waals surface area contributed by atoms with Crippen molar-refractivity contribution < 1.29 is 27.2 Å². The number of carbonyl (C=O) groups excluding carboxylic acids is 2. The molecule has 0 saturated carbocycles. The summed E-state index contributed by atoms with van der Waals surface area (Å²) in [5, 5.41) is 5.36. The van der Waals surface area contributed by atoms with Gasteiger partial charge in [0.25, 0.3) is 0 Å². The maximum atomic E-state index is 13.0. The van der Waals surface area contributed by atoms with Crippen LogP contribution in [0.4, 0.5) is 13.2 Å². The molecule has 1 heterocycles. The highest BCUT2D eigenvalue weighted by Gasteiger charge is 2.31. The molecule has 5 nitrogen and oxygen atoms in total. The Morgan fingerprint density at radius 2 is 1.93 bits per heavy atom. The topological polar surface area (TPSA) is 71.3 Å². The molecule has 2 N–H and O–H groups in total. The molecular weight excluding hydrogens is 397 g/mol. The standard InChI is InChI=1S/C22H25F3N2O3/c1-15(2)13-19(16-5-3-6-17(14-16)22(23,24)25)27-21(29)10-11-26-20(28)9-8-18-7-4-12-30-18/h3-9,12,14-15,19H,10-11,13H2,1-2H3,(H,26,28)(H,27,29)/b9-8+. The molecule has 1 aromatic carbocycles. The van der Waals surface area contributed by atoms with Gasteiger partial charge in [0.2, 0.25) is 11.8 Å². The summed E-state index contributed by atoms with van der Waals surface area (Å²) >= 11 is 0. The molecule has 0 aliphatic rings. The van der Waals surface area contributed by atoms with E-state index in [0.29, 0.717) is 17.7 Å². The number of benzene rings is 1. The Morgan fingerprint density at radius 1 is 1.17 bits per heavy atom. The van der Waals surface area contributed by atoms with Gasteiger partial charge in [-0.1, -0.05) is 26.0 Å². The molecule has 0 radical (unpaired) electrons. The predicted octanol–water partition coefficient (Wildman–Crippen LogP) is 4.72. The van der Waals surface area contributed by atoms with E-state index in [1.165, 1.54) is 24.5 Å². The predicted molar refractivity (Wildman–Crippen MR) is 107 cm³/mol. The Balaban J connectivity index is 1.91. The van der Waals surface area contributed by atoms with Gasteiger partial charge in [-0.15, -0.1) is 0 Å². The van der Waals surface area contributed by atoms with Gasteiger partial charge in [-0.05, 0) is 48.2 Å². The molecule has 30 heavy (non-hydrogen) atoms. The summed E-state index contributed by atoms with van der Waals surface area (Å²) in [5.41, 5.74) is -0.351. The first kappa shape index (κ1) is 23.3. The summed E-state index contributed by atoms with van der Waals surface area (Å²) in [7, 11) is 0. The van der Waals surface area contributed by atoms with Gasteiger partial charge in [0.05, 0.1) is 17.9 Å². The molecule has 2 aromatic rings. The van der Waals surface area contributed by atoms with Crippen LogP contribution in [0.15, 0.2) is 53.2 Å². The molecule has 0 aliphatic carbocycles. The number of halogens is 3. The minimum Gasteiger partial charge on any atom is -0.465 e. The summed E-state index contributed by atoms with van der Waals surface area (Å²) in [6.07, 6.45) is 0.331. The average molecular weight is 422 g/mol. The Kier molecular flexibility index (Phi) is 8.26. The summed E-state index contributed by atoms with van der Waals surface area (Å²) in [5.74, 6) is -0.0408. The summed E-state index contributed by atoms with van der Waals surface area (Å²) in [6, 6.07) is 7.82. The third kappa shape index (κ3) is 7.77. The molecule has 0 aliphatic heterocycles. The largest absolute Gasteiger partial charge is 0.465 e. The Hall–Kier alpha value is -3.03. The Labute approximate surface area is 173 Å². The van der Waals surface area contributed by atoms with Gasteiger partial charge in [-0.2, -0.15) is 13.2 Å². The molecule has 162 valence electrons. The summed E-state index contributed by atoms with van der Waals surface area (Å²) in [6.45, 7) is 3.96. The molecule has 1 unspecified atom stereocenters. The molecule has 1 atom stereocenters. The number of rotatable bonds is 9. The number of hydrogen-bond donors (Lipinski definition) is 2. The lowest BCUT2D eigenvalue weighted by Crippen LogP contribution is -2.33. The van der Waals surface area contributed by atoms with Crippen LogP contribution in [0, 0.1) is 5.92 Å². The second-order valence-corrected chi connectivity index (χ2v) is 7.26. The van der Waals surface area contributed by atoms with Crippen molar-refractivity contribution in [3.05, 3.63) is 65.6 Å². The summed E-state index contributed by atoms with van der Waals surface area (Å²) in [4.78, 5) is 24.1. The highest BCUT2D eigenvalue weighted by atomic mass is 19.4. The van der Waals surface area contributed by atoms with Gasteiger partial charge >= 0.3 is 6.18 Å². The zero-order chi connectivity index (χ0) is 22.1. The van der Waals surface area contributed by atoms with E-state index < -0.39 is 17.8 Å². The molecule has 1 aromatic heterocycles. The van der Waals surface area contributed by atoms with Gasteiger partial charge < -0.3 is 15.1 Å². The van der Waals surface area contributed by atoms with Gasteiger partial charge in [-0.3, -0.25) is 9.59 Å². The highest BCUT2D eigenvalue weighted by molar-refractivity contribution is 5.91. The molecule has 0 bridgehead atoms.